The number of aromatic nitrogens is 1. The second kappa shape index (κ2) is 5.32. The van der Waals surface area contributed by atoms with Gasteiger partial charge in [0.1, 0.15) is 0 Å². The molecule has 2 rings (SSSR count). The van der Waals surface area contributed by atoms with E-state index in [9.17, 15) is 0 Å². The third-order valence-corrected chi connectivity index (χ3v) is 3.75. The van der Waals surface area contributed by atoms with Gasteiger partial charge in [-0.2, -0.15) is 0 Å². The second-order valence-electron chi connectivity index (χ2n) is 3.27. The maximum atomic E-state index is 4.14. The number of rotatable bonds is 4. The Morgan fingerprint density at radius 1 is 1.31 bits per heavy atom. The Morgan fingerprint density at radius 3 is 2.81 bits per heavy atom. The summed E-state index contributed by atoms with van der Waals surface area (Å²) in [5, 5.41) is 6.40. The van der Waals surface area contributed by atoms with Crippen LogP contribution in [0.2, 0.25) is 0 Å². The Balaban J connectivity index is 1.99. The number of hydrogen-bond acceptors (Lipinski definition) is 4. The molecule has 2 N–H and O–H groups in total. The van der Waals surface area contributed by atoms with Crippen molar-refractivity contribution >= 4 is 38.6 Å². The van der Waals surface area contributed by atoms with Crippen LogP contribution in [0.5, 0.6) is 0 Å². The monoisotopic (exact) mass is 297 g/mol. The van der Waals surface area contributed by atoms with E-state index in [0.717, 1.165) is 21.7 Å². The fourth-order valence-corrected chi connectivity index (χ4v) is 2.73. The Hall–Kier alpha value is -1.07. The molecule has 0 saturated carbocycles. The molecule has 0 fully saturated rings. The van der Waals surface area contributed by atoms with Crippen molar-refractivity contribution in [3.8, 4) is 0 Å². The summed E-state index contributed by atoms with van der Waals surface area (Å²) in [6.07, 6.45) is 3.62. The quantitative estimate of drug-likeness (QED) is 0.906. The van der Waals surface area contributed by atoms with E-state index in [1.807, 2.05) is 19.3 Å². The highest BCUT2D eigenvalue weighted by atomic mass is 79.9. The topological polar surface area (TPSA) is 37.0 Å². The molecule has 0 aliphatic carbocycles. The molecule has 0 aromatic carbocycles. The summed E-state index contributed by atoms with van der Waals surface area (Å²) in [6, 6.07) is 6.21. The van der Waals surface area contributed by atoms with E-state index in [-0.39, 0.29) is 0 Å². The van der Waals surface area contributed by atoms with Crippen LogP contribution in [-0.4, -0.2) is 12.0 Å². The molecule has 5 heteroatoms. The third kappa shape index (κ3) is 2.96. The highest BCUT2D eigenvalue weighted by molar-refractivity contribution is 9.11. The van der Waals surface area contributed by atoms with Crippen molar-refractivity contribution < 1.29 is 0 Å². The molecular weight excluding hydrogens is 286 g/mol. The van der Waals surface area contributed by atoms with Gasteiger partial charge in [-0.1, -0.05) is 0 Å². The van der Waals surface area contributed by atoms with Gasteiger partial charge in [-0.3, -0.25) is 4.98 Å². The van der Waals surface area contributed by atoms with Crippen LogP contribution >= 0.6 is 27.3 Å². The molecule has 0 radical (unpaired) electrons. The molecule has 0 bridgehead atoms. The Morgan fingerprint density at radius 2 is 2.12 bits per heavy atom. The maximum absolute atomic E-state index is 4.14. The van der Waals surface area contributed by atoms with Crippen molar-refractivity contribution in [3.63, 3.8) is 0 Å². The second-order valence-corrected chi connectivity index (χ2v) is 5.82. The summed E-state index contributed by atoms with van der Waals surface area (Å²) < 4.78 is 1.16. The average Bonchev–Trinajstić information content (AvgIpc) is 2.73. The van der Waals surface area contributed by atoms with Gasteiger partial charge < -0.3 is 10.6 Å². The van der Waals surface area contributed by atoms with Crippen LogP contribution in [0.15, 0.2) is 34.4 Å². The zero-order valence-electron chi connectivity index (χ0n) is 8.83. The molecule has 84 valence electrons. The number of thiophene rings is 1. The molecule has 0 amide bonds. The minimum atomic E-state index is 0.825. The van der Waals surface area contributed by atoms with Gasteiger partial charge in [0.2, 0.25) is 0 Å². The predicted molar refractivity (Wildman–Crippen MR) is 73.1 cm³/mol. The van der Waals surface area contributed by atoms with Gasteiger partial charge in [-0.05, 0) is 34.1 Å². The fraction of sp³-hybridized carbons (Fsp3) is 0.182. The van der Waals surface area contributed by atoms with Gasteiger partial charge in [0.25, 0.3) is 0 Å². The normalized spacial score (nSPS) is 10.1. The van der Waals surface area contributed by atoms with Crippen LogP contribution < -0.4 is 10.6 Å². The molecule has 2 aromatic rings. The van der Waals surface area contributed by atoms with Crippen LogP contribution in [0.3, 0.4) is 0 Å². The third-order valence-electron chi connectivity index (χ3n) is 2.12. The zero-order valence-corrected chi connectivity index (χ0v) is 11.2. The van der Waals surface area contributed by atoms with Gasteiger partial charge in [0.15, 0.2) is 0 Å². The standard InChI is InChI=1S/C11H12BrN3S/c1-13-8-4-9(6-14-5-8)15-7-10-2-3-11(12)16-10/h2-6,13,15H,7H2,1H3. The van der Waals surface area contributed by atoms with Gasteiger partial charge in [0, 0.05) is 18.5 Å². The SMILES string of the molecule is CNc1cncc(NCc2ccc(Br)s2)c1. The van der Waals surface area contributed by atoms with Crippen molar-refractivity contribution in [1.82, 2.24) is 4.98 Å². The van der Waals surface area contributed by atoms with E-state index in [4.69, 9.17) is 0 Å². The van der Waals surface area contributed by atoms with Gasteiger partial charge >= 0.3 is 0 Å². The number of anilines is 2. The van der Waals surface area contributed by atoms with Crippen molar-refractivity contribution in [2.75, 3.05) is 17.7 Å². The first kappa shape index (κ1) is 11.4. The van der Waals surface area contributed by atoms with E-state index in [2.05, 4.69) is 43.7 Å². The van der Waals surface area contributed by atoms with Crippen LogP contribution in [0.25, 0.3) is 0 Å². The van der Waals surface area contributed by atoms with Gasteiger partial charge in [-0.15, -0.1) is 11.3 Å². The lowest BCUT2D eigenvalue weighted by Crippen LogP contribution is -1.99. The maximum Gasteiger partial charge on any atom is 0.0702 e. The van der Waals surface area contributed by atoms with E-state index >= 15 is 0 Å². The van der Waals surface area contributed by atoms with Gasteiger partial charge in [0.05, 0.1) is 27.6 Å². The van der Waals surface area contributed by atoms with Crippen molar-refractivity contribution in [3.05, 3.63) is 39.3 Å². The molecular formula is C11H12BrN3S. The largest absolute Gasteiger partial charge is 0.387 e. The Labute approximate surface area is 107 Å². The lowest BCUT2D eigenvalue weighted by Gasteiger charge is -2.06. The lowest BCUT2D eigenvalue weighted by molar-refractivity contribution is 1.17. The van der Waals surface area contributed by atoms with Crippen molar-refractivity contribution in [1.29, 1.82) is 0 Å². The molecule has 0 unspecified atom stereocenters. The summed E-state index contributed by atoms with van der Waals surface area (Å²) in [6.45, 7) is 0.825. The number of nitrogens with zero attached hydrogens (tertiary/aromatic N) is 1. The summed E-state index contributed by atoms with van der Waals surface area (Å²) in [5.41, 5.74) is 2.04. The molecule has 0 atom stereocenters. The fourth-order valence-electron chi connectivity index (χ4n) is 1.31. The van der Waals surface area contributed by atoms with E-state index in [1.165, 1.54) is 4.88 Å². The molecule has 2 heterocycles. The first-order valence-electron chi connectivity index (χ1n) is 4.89. The molecule has 0 saturated heterocycles. The predicted octanol–water partition coefficient (Wildman–Crippen LogP) is 3.56. The van der Waals surface area contributed by atoms with Crippen molar-refractivity contribution in [2.24, 2.45) is 0 Å². The number of nitrogens with one attached hydrogen (secondary N) is 2. The summed E-state index contributed by atoms with van der Waals surface area (Å²) >= 11 is 5.18. The molecule has 2 aromatic heterocycles. The van der Waals surface area contributed by atoms with E-state index in [1.54, 1.807) is 17.5 Å². The number of halogens is 1. The summed E-state index contributed by atoms with van der Waals surface area (Å²) in [7, 11) is 1.89. The minimum absolute atomic E-state index is 0.825. The number of hydrogen-bond donors (Lipinski definition) is 2. The molecule has 0 aliphatic rings. The van der Waals surface area contributed by atoms with Gasteiger partial charge in [-0.25, -0.2) is 0 Å². The highest BCUT2D eigenvalue weighted by Crippen LogP contribution is 2.23. The zero-order chi connectivity index (χ0) is 11.4. The van der Waals surface area contributed by atoms with Crippen LogP contribution in [0.1, 0.15) is 4.88 Å². The van der Waals surface area contributed by atoms with E-state index in [0.29, 0.717) is 0 Å². The molecule has 0 spiro atoms. The summed E-state index contributed by atoms with van der Waals surface area (Å²) in [4.78, 5) is 5.44. The number of pyridine rings is 1. The van der Waals surface area contributed by atoms with Crippen LogP contribution in [0.4, 0.5) is 11.4 Å². The first-order chi connectivity index (χ1) is 7.78. The average molecular weight is 298 g/mol. The Bertz CT molecular complexity index is 470. The van der Waals surface area contributed by atoms with E-state index < -0.39 is 0 Å². The molecule has 0 aliphatic heterocycles. The Kier molecular flexibility index (Phi) is 3.79. The van der Waals surface area contributed by atoms with Crippen LogP contribution in [-0.2, 0) is 6.54 Å². The van der Waals surface area contributed by atoms with Crippen molar-refractivity contribution in [2.45, 2.75) is 6.54 Å². The molecule has 16 heavy (non-hydrogen) atoms. The lowest BCUT2D eigenvalue weighted by atomic mass is 10.3. The highest BCUT2D eigenvalue weighted by Gasteiger charge is 1.98. The summed E-state index contributed by atoms with van der Waals surface area (Å²) in [5.74, 6) is 0. The first-order valence-corrected chi connectivity index (χ1v) is 6.50. The molecule has 3 nitrogen and oxygen atoms in total. The van der Waals surface area contributed by atoms with Crippen LogP contribution in [0, 0.1) is 0 Å². The smallest absolute Gasteiger partial charge is 0.0702 e. The minimum Gasteiger partial charge on any atom is -0.387 e.